The van der Waals surface area contributed by atoms with Gasteiger partial charge < -0.3 is 8.83 Å². The van der Waals surface area contributed by atoms with Crippen LogP contribution in [0.15, 0.2) is 433 Å². The van der Waals surface area contributed by atoms with Crippen LogP contribution in [0.4, 0.5) is 0 Å². The van der Waals surface area contributed by atoms with E-state index in [1.54, 1.807) is 0 Å². The van der Waals surface area contributed by atoms with Crippen molar-refractivity contribution in [3.63, 3.8) is 0 Å². The molecule has 12 heteroatoms. The molecule has 0 radical (unpaired) electrons. The zero-order valence-electron chi connectivity index (χ0n) is 67.7. The number of rotatable bonds is 14. The van der Waals surface area contributed by atoms with Crippen molar-refractivity contribution in [1.82, 2.24) is 49.8 Å². The van der Waals surface area contributed by atoms with Gasteiger partial charge >= 0.3 is 0 Å². The highest BCUT2D eigenvalue weighted by Gasteiger charge is 2.20. The van der Waals surface area contributed by atoms with Crippen molar-refractivity contribution in [3.8, 4) is 157 Å². The third kappa shape index (κ3) is 14.4. The van der Waals surface area contributed by atoms with Crippen LogP contribution in [0.25, 0.3) is 245 Å². The topological polar surface area (TPSA) is 155 Å². The standard InChI is InChI=1S/2C57H35N5O/c1-3-12-36(13-4-1)37-26-30-41(31-27-37)56-60-55(40-14-5-2-6-15-40)61-57(62-56)45-19-10-18-44(33-45)43-17-9-16-42(32-43)38-24-28-39(29-25-38)46-21-11-22-49-54(46)59-50-34-48-47-20-7-8-23-52(47)63-53(48)35-51(50)58-49;1-3-11-36(12-4-1)37-25-27-41(28-26-37)56-60-55(40-13-5-2-6-14-40)61-57(62-56)46-18-10-17-44(32-46)43-16-9-15-42(31-43)38-21-23-39(24-22-38)45-29-30-49-50(33-45)59-52-35-54-48(34-51(52)58-49)47-19-7-8-20-53(47)63-54/h2*1-35H. The summed E-state index contributed by atoms with van der Waals surface area (Å²) in [5, 5.41) is 4.25. The molecule has 24 rings (SSSR count). The van der Waals surface area contributed by atoms with Crippen LogP contribution in [-0.4, -0.2) is 49.8 Å². The lowest BCUT2D eigenvalue weighted by molar-refractivity contribution is 0.669. The fraction of sp³-hybridized carbons (Fsp3) is 0. The minimum atomic E-state index is 0.619. The fourth-order valence-electron chi connectivity index (χ4n) is 16.9. The van der Waals surface area contributed by atoms with Crippen molar-refractivity contribution >= 4 is 88.0 Å². The van der Waals surface area contributed by atoms with Gasteiger partial charge in [-0.2, -0.15) is 0 Å². The molecule has 0 saturated carbocycles. The Kier molecular flexibility index (Phi) is 18.6. The van der Waals surface area contributed by atoms with Gasteiger partial charge in [-0.05, 0) is 150 Å². The van der Waals surface area contributed by atoms with E-state index in [2.05, 4.69) is 291 Å². The normalized spacial score (nSPS) is 11.5. The molecule has 12 nitrogen and oxygen atoms in total. The highest BCUT2D eigenvalue weighted by Crippen LogP contribution is 2.41. The van der Waals surface area contributed by atoms with E-state index < -0.39 is 0 Å². The summed E-state index contributed by atoms with van der Waals surface area (Å²) in [7, 11) is 0. The van der Waals surface area contributed by atoms with Gasteiger partial charge in [0.25, 0.3) is 0 Å². The third-order valence-corrected chi connectivity index (χ3v) is 23.4. The third-order valence-electron chi connectivity index (χ3n) is 23.4. The van der Waals surface area contributed by atoms with Gasteiger partial charge in [0.05, 0.1) is 44.1 Å². The van der Waals surface area contributed by atoms with E-state index >= 15 is 0 Å². The molecular weight excluding hydrogens is 1540 g/mol. The van der Waals surface area contributed by atoms with Crippen molar-refractivity contribution in [3.05, 3.63) is 425 Å². The Morgan fingerprint density at radius 1 is 0.127 bits per heavy atom. The Morgan fingerprint density at radius 3 is 0.817 bits per heavy atom. The minimum absolute atomic E-state index is 0.619. The monoisotopic (exact) mass is 1610 g/mol. The second kappa shape index (κ2) is 31.7. The first-order valence-electron chi connectivity index (χ1n) is 41.9. The molecule has 0 aliphatic heterocycles. The van der Waals surface area contributed by atoms with E-state index in [9.17, 15) is 0 Å². The lowest BCUT2D eigenvalue weighted by Gasteiger charge is -2.11. The van der Waals surface area contributed by atoms with Crippen molar-refractivity contribution in [1.29, 1.82) is 0 Å². The zero-order chi connectivity index (χ0) is 83.4. The van der Waals surface area contributed by atoms with Gasteiger partial charge in [0.1, 0.15) is 22.3 Å². The Balaban J connectivity index is 0.000000145. The Labute approximate surface area is 724 Å². The predicted octanol–water partition coefficient (Wildman–Crippen LogP) is 29.1. The predicted molar refractivity (Wildman–Crippen MR) is 512 cm³/mol. The number of para-hydroxylation sites is 3. The first kappa shape index (κ1) is 73.9. The molecule has 0 aliphatic rings. The average Bonchev–Trinajstić information content (AvgIpc) is 1.18. The van der Waals surface area contributed by atoms with E-state index in [-0.39, 0.29) is 0 Å². The first-order valence-corrected chi connectivity index (χ1v) is 41.9. The van der Waals surface area contributed by atoms with Crippen LogP contribution in [-0.2, 0) is 0 Å². The molecule has 0 saturated heterocycles. The van der Waals surface area contributed by atoms with E-state index in [1.807, 2.05) is 133 Å². The second-order valence-electron chi connectivity index (χ2n) is 31.4. The molecule has 0 N–H and O–H groups in total. The van der Waals surface area contributed by atoms with Crippen molar-refractivity contribution in [2.75, 3.05) is 0 Å². The van der Waals surface area contributed by atoms with Crippen LogP contribution >= 0.6 is 0 Å². The van der Waals surface area contributed by atoms with Crippen LogP contribution in [0, 0.1) is 0 Å². The summed E-state index contributed by atoms with van der Waals surface area (Å²) in [4.78, 5) is 50.3. The molecular formula is C114H70N10O2. The SMILES string of the molecule is c1ccc(-c2ccc(-c3nc(-c4ccccc4)nc(-c4cccc(-c5cccc(-c6ccc(-c7ccc8nc9cc%10c(cc9nc8c7)oc7ccccc7%10)cc6)c5)c4)n3)cc2)cc1.c1ccc(-c2ccc(-c3nc(-c4ccccc4)nc(-c4cccc(-c5cccc(-c6ccc(-c7cccc8nc9cc%10oc%11ccccc%11c%10cc9nc78)cc6)c5)c4)n3)cc2)cc1. The van der Waals surface area contributed by atoms with Crippen LogP contribution in [0.5, 0.6) is 0 Å². The van der Waals surface area contributed by atoms with Crippen LogP contribution in [0.2, 0.25) is 0 Å². The molecule has 0 unspecified atom stereocenters. The summed E-state index contributed by atoms with van der Waals surface area (Å²) in [6.45, 7) is 0. The maximum Gasteiger partial charge on any atom is 0.164 e. The minimum Gasteiger partial charge on any atom is -0.456 e. The number of hydrogen-bond donors (Lipinski definition) is 0. The molecule has 0 fully saturated rings. The van der Waals surface area contributed by atoms with Crippen LogP contribution in [0.1, 0.15) is 0 Å². The smallest absolute Gasteiger partial charge is 0.164 e. The number of benzene rings is 18. The summed E-state index contributed by atoms with van der Waals surface area (Å²) in [5.74, 6) is 3.76. The van der Waals surface area contributed by atoms with Crippen molar-refractivity contribution < 1.29 is 8.83 Å². The van der Waals surface area contributed by atoms with E-state index in [0.717, 1.165) is 199 Å². The number of nitrogens with zero attached hydrogens (tertiary/aromatic N) is 10. The molecule has 0 amide bonds. The first-order chi connectivity index (χ1) is 62.3. The summed E-state index contributed by atoms with van der Waals surface area (Å²) < 4.78 is 12.3. The quantitative estimate of drug-likeness (QED) is 0.0952. The van der Waals surface area contributed by atoms with Gasteiger partial charge in [-0.3, -0.25) is 0 Å². The molecule has 0 bridgehead atoms. The van der Waals surface area contributed by atoms with Gasteiger partial charge in [0.15, 0.2) is 34.9 Å². The lowest BCUT2D eigenvalue weighted by Crippen LogP contribution is -2.00. The van der Waals surface area contributed by atoms with Crippen LogP contribution in [0.3, 0.4) is 0 Å². The molecule has 0 spiro atoms. The molecule has 6 heterocycles. The zero-order valence-corrected chi connectivity index (χ0v) is 67.7. The largest absolute Gasteiger partial charge is 0.456 e. The lowest BCUT2D eigenvalue weighted by atomic mass is 9.96. The number of aromatic nitrogens is 10. The van der Waals surface area contributed by atoms with Crippen LogP contribution < -0.4 is 0 Å². The Bertz CT molecular complexity index is 8280. The van der Waals surface area contributed by atoms with Gasteiger partial charge in [-0.25, -0.2) is 49.8 Å². The Hall–Kier alpha value is -17.2. The Morgan fingerprint density at radius 2 is 0.389 bits per heavy atom. The maximum atomic E-state index is 6.14. The van der Waals surface area contributed by atoms with Gasteiger partial charge in [-0.15, -0.1) is 0 Å². The highest BCUT2D eigenvalue weighted by atomic mass is 16.3. The number of hydrogen-bond acceptors (Lipinski definition) is 12. The van der Waals surface area contributed by atoms with Gasteiger partial charge in [-0.1, -0.05) is 346 Å². The molecule has 18 aromatic carbocycles. The molecule has 588 valence electrons. The number of furan rings is 2. The average molecular weight is 1610 g/mol. The molecule has 24 aromatic rings. The highest BCUT2D eigenvalue weighted by molar-refractivity contribution is 6.11. The molecule has 126 heavy (non-hydrogen) atoms. The molecule has 0 aliphatic carbocycles. The van der Waals surface area contributed by atoms with E-state index in [4.69, 9.17) is 58.7 Å². The van der Waals surface area contributed by atoms with Gasteiger partial charge in [0.2, 0.25) is 0 Å². The van der Waals surface area contributed by atoms with E-state index in [1.165, 1.54) is 11.1 Å². The number of fused-ring (bicyclic) bond motifs is 10. The van der Waals surface area contributed by atoms with Crippen molar-refractivity contribution in [2.24, 2.45) is 0 Å². The van der Waals surface area contributed by atoms with E-state index in [0.29, 0.717) is 34.9 Å². The summed E-state index contributed by atoms with van der Waals surface area (Å²) in [6, 6.07) is 146. The summed E-state index contributed by atoms with van der Waals surface area (Å²) in [6.07, 6.45) is 0. The summed E-state index contributed by atoms with van der Waals surface area (Å²) in [5.41, 5.74) is 33.4. The second-order valence-corrected chi connectivity index (χ2v) is 31.4. The molecule has 6 aromatic heterocycles. The maximum absolute atomic E-state index is 6.14. The van der Waals surface area contributed by atoms with Crippen molar-refractivity contribution in [2.45, 2.75) is 0 Å². The summed E-state index contributed by atoms with van der Waals surface area (Å²) >= 11 is 0. The van der Waals surface area contributed by atoms with Gasteiger partial charge in [0, 0.05) is 72.6 Å². The molecule has 0 atom stereocenters. The fourth-order valence-corrected chi connectivity index (χ4v) is 16.9.